The van der Waals surface area contributed by atoms with Crippen molar-refractivity contribution in [1.82, 2.24) is 4.98 Å². The molecular weight excluding hydrogens is 389 g/mol. The Bertz CT molecular complexity index is 825. The number of halogens is 9. The summed E-state index contributed by atoms with van der Waals surface area (Å²) in [5.41, 5.74) is -9.38. The van der Waals surface area contributed by atoms with Gasteiger partial charge in [0.1, 0.15) is 0 Å². The zero-order valence-electron chi connectivity index (χ0n) is 13.7. The number of aromatic nitrogens is 1. The number of aryl methyl sites for hydroxylation is 2. The minimum absolute atomic E-state index is 0.234. The number of rotatable bonds is 3. The van der Waals surface area contributed by atoms with E-state index in [1.165, 1.54) is 12.3 Å². The summed E-state index contributed by atoms with van der Waals surface area (Å²) in [4.78, 5) is 3.59. The maximum Gasteiger partial charge on any atom is 0.457 e. The average Bonchev–Trinajstić information content (AvgIpc) is 2.51. The van der Waals surface area contributed by atoms with Crippen molar-refractivity contribution in [3.05, 3.63) is 53.3 Å². The molecule has 0 bridgehead atoms. The van der Waals surface area contributed by atoms with E-state index in [0.29, 0.717) is 6.07 Å². The van der Waals surface area contributed by atoms with Crippen LogP contribution in [0.5, 0.6) is 0 Å². The Kier molecular flexibility index (Phi) is 5.00. The molecular formula is C17H11F9N. The lowest BCUT2D eigenvalue weighted by Crippen LogP contribution is -2.60. The van der Waals surface area contributed by atoms with Gasteiger partial charge in [0.25, 0.3) is 0 Å². The first-order valence-corrected chi connectivity index (χ1v) is 7.29. The lowest BCUT2D eigenvalue weighted by molar-refractivity contribution is -0.389. The smallest absolute Gasteiger partial charge is 0.264 e. The van der Waals surface area contributed by atoms with Crippen molar-refractivity contribution < 1.29 is 39.5 Å². The molecule has 0 amide bonds. The van der Waals surface area contributed by atoms with E-state index in [9.17, 15) is 39.5 Å². The normalized spacial score (nSPS) is 15.5. The van der Waals surface area contributed by atoms with Gasteiger partial charge >= 0.3 is 23.9 Å². The number of pyridine rings is 1. The van der Waals surface area contributed by atoms with Gasteiger partial charge in [0.2, 0.25) is 0 Å². The van der Waals surface area contributed by atoms with Gasteiger partial charge in [0.15, 0.2) is 0 Å². The van der Waals surface area contributed by atoms with E-state index in [-0.39, 0.29) is 16.7 Å². The first kappa shape index (κ1) is 21.0. The lowest BCUT2D eigenvalue weighted by Gasteiger charge is -2.37. The number of nitrogens with zero attached hydrogens (tertiary/aromatic N) is 1. The molecule has 0 saturated carbocycles. The van der Waals surface area contributed by atoms with Crippen LogP contribution in [0.4, 0.5) is 39.5 Å². The SMILES string of the molecule is Cc1[c]c(C)c(-c2cccnc2)c(C(F)(C(F)(F)F)C(F)(F)C(F)(F)F)c1. The van der Waals surface area contributed by atoms with E-state index in [1.54, 1.807) is 0 Å². The molecule has 0 aliphatic heterocycles. The van der Waals surface area contributed by atoms with Gasteiger partial charge in [-0.05, 0) is 42.7 Å². The first-order valence-electron chi connectivity index (χ1n) is 7.29. The largest absolute Gasteiger partial charge is 0.457 e. The summed E-state index contributed by atoms with van der Waals surface area (Å²) in [6, 6.07) is 5.13. The van der Waals surface area contributed by atoms with Gasteiger partial charge in [-0.25, -0.2) is 4.39 Å². The summed E-state index contributed by atoms with van der Waals surface area (Å²) in [6.07, 6.45) is -11.2. The van der Waals surface area contributed by atoms with Gasteiger partial charge in [0, 0.05) is 23.5 Å². The average molecular weight is 400 g/mol. The fourth-order valence-electron chi connectivity index (χ4n) is 2.73. The van der Waals surface area contributed by atoms with Crippen LogP contribution in [0.25, 0.3) is 11.1 Å². The van der Waals surface area contributed by atoms with Crippen LogP contribution >= 0.6 is 0 Å². The molecule has 147 valence electrons. The quantitative estimate of drug-likeness (QED) is 0.568. The van der Waals surface area contributed by atoms with Crippen LogP contribution in [0.2, 0.25) is 0 Å². The van der Waals surface area contributed by atoms with E-state index >= 15 is 0 Å². The van der Waals surface area contributed by atoms with Gasteiger partial charge in [-0.3, -0.25) is 4.98 Å². The Morgan fingerprint density at radius 1 is 0.889 bits per heavy atom. The van der Waals surface area contributed by atoms with Crippen LogP contribution < -0.4 is 0 Å². The molecule has 1 unspecified atom stereocenters. The highest BCUT2D eigenvalue weighted by Gasteiger charge is 2.82. The molecule has 0 aliphatic rings. The molecule has 27 heavy (non-hydrogen) atoms. The molecule has 1 atom stereocenters. The second-order valence-electron chi connectivity index (χ2n) is 5.84. The third-order valence-electron chi connectivity index (χ3n) is 3.89. The summed E-state index contributed by atoms with van der Waals surface area (Å²) in [7, 11) is 0. The molecule has 10 heteroatoms. The monoisotopic (exact) mass is 400 g/mol. The van der Waals surface area contributed by atoms with Crippen LogP contribution in [-0.2, 0) is 5.67 Å². The lowest BCUT2D eigenvalue weighted by atomic mass is 9.80. The van der Waals surface area contributed by atoms with E-state index in [2.05, 4.69) is 11.1 Å². The molecule has 0 spiro atoms. The third-order valence-corrected chi connectivity index (χ3v) is 3.89. The van der Waals surface area contributed by atoms with Crippen LogP contribution in [-0.4, -0.2) is 23.3 Å². The number of alkyl halides is 9. The minimum Gasteiger partial charge on any atom is -0.264 e. The Morgan fingerprint density at radius 3 is 1.93 bits per heavy atom. The number of hydrogen-bond acceptors (Lipinski definition) is 1. The minimum atomic E-state index is -6.79. The predicted octanol–water partition coefficient (Wildman–Crippen LogP) is 6.09. The van der Waals surface area contributed by atoms with E-state index in [0.717, 1.165) is 26.1 Å². The topological polar surface area (TPSA) is 12.9 Å². The molecule has 2 rings (SSSR count). The number of benzene rings is 1. The van der Waals surface area contributed by atoms with Crippen molar-refractivity contribution in [2.75, 3.05) is 0 Å². The standard InChI is InChI=1S/C17H11F9N/c1-9-6-10(2)13(11-4-3-5-27-8-11)12(7-9)14(18,16(21,22)23)15(19,20)17(24,25)26/h3-5,7-8H,1-2H3. The first-order chi connectivity index (χ1) is 12.1. The molecule has 0 aliphatic carbocycles. The molecule has 2 aromatic rings. The van der Waals surface area contributed by atoms with Crippen molar-refractivity contribution in [2.24, 2.45) is 0 Å². The maximum absolute atomic E-state index is 15.0. The van der Waals surface area contributed by atoms with Crippen molar-refractivity contribution in [3.8, 4) is 11.1 Å². The summed E-state index contributed by atoms with van der Waals surface area (Å²) in [5.74, 6) is -6.74. The Labute approximate surface area is 147 Å². The molecule has 1 radical (unpaired) electrons. The molecule has 0 N–H and O–H groups in total. The zero-order valence-corrected chi connectivity index (χ0v) is 13.7. The van der Waals surface area contributed by atoms with Crippen LogP contribution in [0.3, 0.4) is 0 Å². The van der Waals surface area contributed by atoms with Crippen LogP contribution in [0.1, 0.15) is 16.7 Å². The molecule has 0 fully saturated rings. The summed E-state index contributed by atoms with van der Waals surface area (Å²) in [6.45, 7) is 2.23. The zero-order chi connectivity index (χ0) is 20.8. The summed E-state index contributed by atoms with van der Waals surface area (Å²) in [5, 5.41) is 0. The highest BCUT2D eigenvalue weighted by atomic mass is 19.4. The molecule has 0 saturated heterocycles. The maximum atomic E-state index is 15.0. The molecule has 1 aromatic heterocycles. The Balaban J connectivity index is 2.99. The van der Waals surface area contributed by atoms with Crippen LogP contribution in [0, 0.1) is 19.9 Å². The fraction of sp³-hybridized carbons (Fsp3) is 0.353. The van der Waals surface area contributed by atoms with Crippen LogP contribution in [0.15, 0.2) is 30.6 Å². The highest BCUT2D eigenvalue weighted by molar-refractivity contribution is 5.72. The molecule has 1 nitrogen and oxygen atoms in total. The van der Waals surface area contributed by atoms with Gasteiger partial charge in [-0.2, -0.15) is 35.1 Å². The van der Waals surface area contributed by atoms with E-state index < -0.39 is 35.1 Å². The Hall–Kier alpha value is -2.26. The summed E-state index contributed by atoms with van der Waals surface area (Å²) >= 11 is 0. The molecule has 1 heterocycles. The van der Waals surface area contributed by atoms with Gasteiger partial charge in [-0.1, -0.05) is 12.1 Å². The third kappa shape index (κ3) is 3.25. The van der Waals surface area contributed by atoms with E-state index in [1.807, 2.05) is 0 Å². The van der Waals surface area contributed by atoms with Crippen molar-refractivity contribution in [1.29, 1.82) is 0 Å². The van der Waals surface area contributed by atoms with Crippen molar-refractivity contribution >= 4 is 0 Å². The number of hydrogen-bond donors (Lipinski definition) is 0. The van der Waals surface area contributed by atoms with Gasteiger partial charge < -0.3 is 0 Å². The predicted molar refractivity (Wildman–Crippen MR) is 77.8 cm³/mol. The summed E-state index contributed by atoms with van der Waals surface area (Å²) < 4.78 is 121. The highest BCUT2D eigenvalue weighted by Crippen LogP contribution is 2.60. The van der Waals surface area contributed by atoms with Gasteiger partial charge in [0.05, 0.1) is 0 Å². The molecule has 1 aromatic carbocycles. The van der Waals surface area contributed by atoms with Crippen molar-refractivity contribution in [3.63, 3.8) is 0 Å². The fourth-order valence-corrected chi connectivity index (χ4v) is 2.73. The van der Waals surface area contributed by atoms with Crippen molar-refractivity contribution in [2.45, 2.75) is 37.8 Å². The Morgan fingerprint density at radius 2 is 1.48 bits per heavy atom. The second-order valence-corrected chi connectivity index (χ2v) is 5.84. The second kappa shape index (κ2) is 6.42. The van der Waals surface area contributed by atoms with Gasteiger partial charge in [-0.15, -0.1) is 0 Å². The van der Waals surface area contributed by atoms with E-state index in [4.69, 9.17) is 0 Å².